The first-order valence-electron chi connectivity index (χ1n) is 11.4. The Balaban J connectivity index is 1.64. The number of thiazole rings is 1. The molecule has 4 aromatic rings. The van der Waals surface area contributed by atoms with E-state index in [2.05, 4.69) is 9.88 Å². The summed E-state index contributed by atoms with van der Waals surface area (Å²) in [6.45, 7) is 6.62. The highest BCUT2D eigenvalue weighted by atomic mass is 32.1. The number of aromatic nitrogens is 1. The predicted molar refractivity (Wildman–Crippen MR) is 135 cm³/mol. The summed E-state index contributed by atoms with van der Waals surface area (Å²) < 4.78 is 28.4. The van der Waals surface area contributed by atoms with E-state index < -0.39 is 11.6 Å². The van der Waals surface area contributed by atoms with Crippen molar-refractivity contribution < 1.29 is 18.4 Å². The summed E-state index contributed by atoms with van der Waals surface area (Å²) in [6, 6.07) is 17.4. The van der Waals surface area contributed by atoms with Crippen LogP contribution in [-0.2, 0) is 0 Å². The number of hydrogen-bond acceptors (Lipinski definition) is 5. The smallest absolute Gasteiger partial charge is 0.260 e. The summed E-state index contributed by atoms with van der Waals surface area (Å²) >= 11 is 1.07. The van der Waals surface area contributed by atoms with Crippen LogP contribution in [0.5, 0.6) is 0 Å². The van der Waals surface area contributed by atoms with Crippen LogP contribution in [0.15, 0.2) is 66.7 Å². The molecule has 5 nitrogen and oxygen atoms in total. The summed E-state index contributed by atoms with van der Waals surface area (Å²) in [5.41, 5.74) is 1.45. The normalized spacial score (nSPS) is 11.2. The third-order valence-electron chi connectivity index (χ3n) is 5.84. The number of hydrogen-bond donors (Lipinski definition) is 0. The number of anilines is 1. The van der Waals surface area contributed by atoms with Crippen LogP contribution in [0.3, 0.4) is 0 Å². The van der Waals surface area contributed by atoms with Crippen LogP contribution in [0.25, 0.3) is 10.2 Å². The Morgan fingerprint density at radius 2 is 1.49 bits per heavy atom. The minimum Gasteiger partial charge on any atom is -0.302 e. The van der Waals surface area contributed by atoms with Crippen molar-refractivity contribution in [1.29, 1.82) is 0 Å². The number of likely N-dealkylation sites (N-methyl/N-ethyl adjacent to an activating group) is 1. The van der Waals surface area contributed by atoms with Crippen molar-refractivity contribution >= 4 is 38.4 Å². The fourth-order valence-corrected chi connectivity index (χ4v) is 4.83. The van der Waals surface area contributed by atoms with Crippen molar-refractivity contribution in [1.82, 2.24) is 9.88 Å². The molecule has 0 saturated heterocycles. The van der Waals surface area contributed by atoms with E-state index >= 15 is 0 Å². The van der Waals surface area contributed by atoms with Gasteiger partial charge in [-0.2, -0.15) is 0 Å². The number of ketones is 1. The Hall–Kier alpha value is -3.49. The maximum absolute atomic E-state index is 14.3. The minimum absolute atomic E-state index is 0.0378. The molecule has 0 aliphatic heterocycles. The molecule has 0 radical (unpaired) electrons. The van der Waals surface area contributed by atoms with E-state index in [0.717, 1.165) is 30.5 Å². The van der Waals surface area contributed by atoms with Gasteiger partial charge in [-0.1, -0.05) is 67.6 Å². The molecule has 1 amide bonds. The van der Waals surface area contributed by atoms with Crippen LogP contribution in [0.2, 0.25) is 0 Å². The molecule has 0 unspecified atom stereocenters. The van der Waals surface area contributed by atoms with E-state index in [1.54, 1.807) is 48.5 Å². The molecule has 8 heteroatoms. The number of fused-ring (bicyclic) bond motifs is 1. The van der Waals surface area contributed by atoms with Crippen LogP contribution in [0.4, 0.5) is 13.9 Å². The molecule has 35 heavy (non-hydrogen) atoms. The Bertz CT molecular complexity index is 1340. The average molecular weight is 494 g/mol. The van der Waals surface area contributed by atoms with E-state index in [9.17, 15) is 18.4 Å². The molecule has 0 aliphatic rings. The van der Waals surface area contributed by atoms with Crippen LogP contribution in [0.1, 0.15) is 40.1 Å². The second kappa shape index (κ2) is 10.8. The van der Waals surface area contributed by atoms with Gasteiger partial charge in [-0.15, -0.1) is 0 Å². The Kier molecular flexibility index (Phi) is 7.63. The lowest BCUT2D eigenvalue weighted by molar-refractivity contribution is 0.0981. The highest BCUT2D eigenvalue weighted by Crippen LogP contribution is 2.32. The Labute approximate surface area is 206 Å². The zero-order chi connectivity index (χ0) is 24.9. The summed E-state index contributed by atoms with van der Waals surface area (Å²) in [6.07, 6.45) is 0. The first-order valence-corrected chi connectivity index (χ1v) is 12.2. The minimum atomic E-state index is -0.762. The number of nitrogens with zero attached hydrogens (tertiary/aromatic N) is 3. The molecule has 0 atom stereocenters. The topological polar surface area (TPSA) is 53.5 Å². The number of carbonyl (C=O) groups excluding carboxylic acids is 2. The lowest BCUT2D eigenvalue weighted by Gasteiger charge is -2.24. The number of carbonyl (C=O) groups is 2. The molecule has 1 heterocycles. The molecule has 0 bridgehead atoms. The van der Waals surface area contributed by atoms with Gasteiger partial charge in [0, 0.05) is 35.8 Å². The first-order chi connectivity index (χ1) is 16.9. The molecule has 3 aromatic carbocycles. The maximum atomic E-state index is 14.3. The summed E-state index contributed by atoms with van der Waals surface area (Å²) in [4.78, 5) is 34.2. The Morgan fingerprint density at radius 3 is 2.14 bits per heavy atom. The monoisotopic (exact) mass is 493 g/mol. The standard InChI is InChI=1S/C27H25F2N3O2S/c1-3-31(4-2)14-15-32(27-30-24-22(29)16-21(28)17-23(24)35-27)26(34)20-12-10-19(11-13-20)25(33)18-8-6-5-7-9-18/h5-13,16-17H,3-4,14-15H2,1-2H3. The van der Waals surface area contributed by atoms with E-state index in [1.165, 1.54) is 11.0 Å². The van der Waals surface area contributed by atoms with Crippen molar-refractivity contribution in [3.63, 3.8) is 0 Å². The number of halogens is 2. The zero-order valence-corrected chi connectivity index (χ0v) is 20.3. The highest BCUT2D eigenvalue weighted by molar-refractivity contribution is 7.22. The molecule has 1 aromatic heterocycles. The van der Waals surface area contributed by atoms with Crippen LogP contribution in [0, 0.1) is 11.6 Å². The summed E-state index contributed by atoms with van der Waals surface area (Å²) in [5, 5.41) is 0.297. The van der Waals surface area contributed by atoms with Gasteiger partial charge in [0.1, 0.15) is 11.3 Å². The van der Waals surface area contributed by atoms with E-state index in [0.29, 0.717) is 39.6 Å². The van der Waals surface area contributed by atoms with Gasteiger partial charge in [0.25, 0.3) is 5.91 Å². The van der Waals surface area contributed by atoms with Crippen molar-refractivity contribution in [2.24, 2.45) is 0 Å². The Morgan fingerprint density at radius 1 is 0.857 bits per heavy atom. The number of benzene rings is 3. The predicted octanol–water partition coefficient (Wildman–Crippen LogP) is 5.79. The fourth-order valence-electron chi connectivity index (χ4n) is 3.80. The first kappa shape index (κ1) is 24.6. The van der Waals surface area contributed by atoms with Gasteiger partial charge in [-0.25, -0.2) is 13.8 Å². The lowest BCUT2D eigenvalue weighted by Crippen LogP contribution is -2.38. The van der Waals surface area contributed by atoms with Crippen LogP contribution in [-0.4, -0.2) is 47.8 Å². The molecule has 0 spiro atoms. The average Bonchev–Trinajstić information content (AvgIpc) is 3.30. The molecule has 0 saturated carbocycles. The van der Waals surface area contributed by atoms with Crippen molar-refractivity contribution in [3.05, 3.63) is 95.1 Å². The third kappa shape index (κ3) is 5.44. The SMILES string of the molecule is CCN(CC)CCN(C(=O)c1ccc(C(=O)c2ccccc2)cc1)c1nc2c(F)cc(F)cc2s1. The second-order valence-electron chi connectivity index (χ2n) is 7.99. The largest absolute Gasteiger partial charge is 0.302 e. The number of rotatable bonds is 9. The quantitative estimate of drug-likeness (QED) is 0.277. The van der Waals surface area contributed by atoms with Gasteiger partial charge in [-0.05, 0) is 31.3 Å². The molecule has 180 valence electrons. The van der Waals surface area contributed by atoms with Crippen LogP contribution < -0.4 is 4.90 Å². The molecular formula is C27H25F2N3O2S. The van der Waals surface area contributed by atoms with Gasteiger partial charge in [0.2, 0.25) is 0 Å². The fraction of sp³-hybridized carbons (Fsp3) is 0.222. The van der Waals surface area contributed by atoms with Crippen molar-refractivity contribution in [2.75, 3.05) is 31.1 Å². The van der Waals surface area contributed by atoms with Crippen molar-refractivity contribution in [2.45, 2.75) is 13.8 Å². The molecular weight excluding hydrogens is 468 g/mol. The molecule has 0 fully saturated rings. The molecule has 4 rings (SSSR count). The van der Waals surface area contributed by atoms with E-state index in [1.807, 2.05) is 19.9 Å². The molecule has 0 aliphatic carbocycles. The second-order valence-corrected chi connectivity index (χ2v) is 9.00. The number of amides is 1. The zero-order valence-electron chi connectivity index (χ0n) is 19.5. The summed E-state index contributed by atoms with van der Waals surface area (Å²) in [7, 11) is 0. The highest BCUT2D eigenvalue weighted by Gasteiger charge is 2.23. The van der Waals surface area contributed by atoms with E-state index in [-0.39, 0.29) is 17.2 Å². The van der Waals surface area contributed by atoms with Crippen LogP contribution >= 0.6 is 11.3 Å². The maximum Gasteiger partial charge on any atom is 0.260 e. The van der Waals surface area contributed by atoms with Gasteiger partial charge in [0.05, 0.1) is 4.70 Å². The van der Waals surface area contributed by atoms with Gasteiger partial charge in [-0.3, -0.25) is 14.5 Å². The molecule has 0 N–H and O–H groups in total. The van der Waals surface area contributed by atoms with E-state index in [4.69, 9.17) is 0 Å². The van der Waals surface area contributed by atoms with Crippen molar-refractivity contribution in [3.8, 4) is 0 Å². The van der Waals surface area contributed by atoms with Gasteiger partial charge in [0.15, 0.2) is 16.7 Å². The van der Waals surface area contributed by atoms with Gasteiger partial charge >= 0.3 is 0 Å². The lowest BCUT2D eigenvalue weighted by atomic mass is 10.0. The van der Waals surface area contributed by atoms with Gasteiger partial charge < -0.3 is 4.90 Å². The summed E-state index contributed by atoms with van der Waals surface area (Å²) in [5.74, 6) is -1.91. The third-order valence-corrected chi connectivity index (χ3v) is 6.87.